The highest BCUT2D eigenvalue weighted by Gasteiger charge is 2.39. The minimum Gasteiger partial charge on any atom is -0.383 e. The largest absolute Gasteiger partial charge is 0.418 e. The fourth-order valence-corrected chi connectivity index (χ4v) is 4.63. The summed E-state index contributed by atoms with van der Waals surface area (Å²) in [5.74, 6) is -1.02. The lowest BCUT2D eigenvalue weighted by Gasteiger charge is -2.16. The van der Waals surface area contributed by atoms with Gasteiger partial charge in [0.15, 0.2) is 5.17 Å². The van der Waals surface area contributed by atoms with Gasteiger partial charge in [-0.3, -0.25) is 14.5 Å². The second-order valence-corrected chi connectivity index (χ2v) is 8.79. The standard InChI is InChI=1S/C23H24F3N3O3S/c1-14-10-15(2)12-16(11-14)27-22-29(8-9-32-3)21(31)19(33-22)13-20(30)28-18-7-5-4-6-17(18)23(24,25)26/h4-7,10-12,19H,8-9,13H2,1-3H3,(H,28,30). The van der Waals surface area contributed by atoms with Crippen molar-refractivity contribution in [2.45, 2.75) is 31.7 Å². The molecule has 1 atom stereocenters. The summed E-state index contributed by atoms with van der Waals surface area (Å²) in [4.78, 5) is 31.6. The second-order valence-electron chi connectivity index (χ2n) is 7.63. The van der Waals surface area contributed by atoms with Crippen LogP contribution in [0.25, 0.3) is 0 Å². The van der Waals surface area contributed by atoms with Gasteiger partial charge in [-0.1, -0.05) is 30.0 Å². The maximum atomic E-state index is 13.2. The molecule has 3 rings (SSSR count). The summed E-state index contributed by atoms with van der Waals surface area (Å²) in [6, 6.07) is 10.5. The maximum Gasteiger partial charge on any atom is 0.418 e. The van der Waals surface area contributed by atoms with Crippen LogP contribution in [-0.4, -0.2) is 47.4 Å². The molecule has 1 aliphatic rings. The van der Waals surface area contributed by atoms with Crippen LogP contribution in [0.5, 0.6) is 0 Å². The molecule has 1 N–H and O–H groups in total. The predicted octanol–water partition coefficient (Wildman–Crippen LogP) is 4.93. The zero-order chi connectivity index (χ0) is 24.2. The molecule has 2 amide bonds. The van der Waals surface area contributed by atoms with Crippen LogP contribution in [0.4, 0.5) is 24.5 Å². The number of aryl methyl sites for hydroxylation is 2. The van der Waals surface area contributed by atoms with Gasteiger partial charge in [-0.2, -0.15) is 13.2 Å². The Balaban J connectivity index is 1.79. The summed E-state index contributed by atoms with van der Waals surface area (Å²) in [6.07, 6.45) is -4.89. The van der Waals surface area contributed by atoms with E-state index in [2.05, 4.69) is 10.3 Å². The number of carbonyl (C=O) groups excluding carboxylic acids is 2. The van der Waals surface area contributed by atoms with E-state index in [1.54, 1.807) is 0 Å². The van der Waals surface area contributed by atoms with E-state index in [-0.39, 0.29) is 31.2 Å². The first-order valence-electron chi connectivity index (χ1n) is 10.2. The highest BCUT2D eigenvalue weighted by Crippen LogP contribution is 2.36. The minimum absolute atomic E-state index is 0.251. The van der Waals surface area contributed by atoms with Gasteiger partial charge in [-0.15, -0.1) is 0 Å². The molecule has 1 saturated heterocycles. The molecule has 6 nitrogen and oxygen atoms in total. The fourth-order valence-electron chi connectivity index (χ4n) is 3.45. The zero-order valence-electron chi connectivity index (χ0n) is 18.4. The van der Waals surface area contributed by atoms with Crippen molar-refractivity contribution in [3.8, 4) is 0 Å². The summed E-state index contributed by atoms with van der Waals surface area (Å²) in [6.45, 7) is 4.41. The number of nitrogens with one attached hydrogen (secondary N) is 1. The van der Waals surface area contributed by atoms with Gasteiger partial charge in [0.2, 0.25) is 11.8 Å². The van der Waals surface area contributed by atoms with Crippen LogP contribution in [0, 0.1) is 13.8 Å². The number of para-hydroxylation sites is 1. The second kappa shape index (κ2) is 10.4. The van der Waals surface area contributed by atoms with E-state index in [0.29, 0.717) is 10.9 Å². The molecular weight excluding hydrogens is 455 g/mol. The van der Waals surface area contributed by atoms with Gasteiger partial charge in [-0.05, 0) is 49.2 Å². The Bertz CT molecular complexity index is 1050. The fraction of sp³-hybridized carbons (Fsp3) is 0.348. The predicted molar refractivity (Wildman–Crippen MR) is 123 cm³/mol. The van der Waals surface area contributed by atoms with Crippen LogP contribution in [0.2, 0.25) is 0 Å². The Morgan fingerprint density at radius 1 is 1.18 bits per heavy atom. The Labute approximate surface area is 194 Å². The topological polar surface area (TPSA) is 71.0 Å². The van der Waals surface area contributed by atoms with Gasteiger partial charge in [-0.25, -0.2) is 4.99 Å². The molecule has 0 spiro atoms. The number of aliphatic imine (C=N–C) groups is 1. The van der Waals surface area contributed by atoms with Crippen molar-refractivity contribution in [2.24, 2.45) is 4.99 Å². The molecule has 10 heteroatoms. The number of amides is 2. The number of thioether (sulfide) groups is 1. The Kier molecular flexibility index (Phi) is 7.80. The molecule has 2 aromatic rings. The zero-order valence-corrected chi connectivity index (χ0v) is 19.2. The SMILES string of the molecule is COCCN1C(=O)C(CC(=O)Nc2ccccc2C(F)(F)F)SC1=Nc1cc(C)cc(C)c1. The molecule has 0 saturated carbocycles. The summed E-state index contributed by atoms with van der Waals surface area (Å²) in [7, 11) is 1.51. The van der Waals surface area contributed by atoms with Gasteiger partial charge in [0.05, 0.1) is 30.1 Å². The third kappa shape index (κ3) is 6.35. The quantitative estimate of drug-likeness (QED) is 0.612. The van der Waals surface area contributed by atoms with Crippen molar-refractivity contribution < 1.29 is 27.5 Å². The molecule has 0 radical (unpaired) electrons. The van der Waals surface area contributed by atoms with Crippen molar-refractivity contribution in [1.29, 1.82) is 0 Å². The number of alkyl halides is 3. The molecule has 176 valence electrons. The van der Waals surface area contributed by atoms with Crippen molar-refractivity contribution in [3.63, 3.8) is 0 Å². The third-order valence-electron chi connectivity index (χ3n) is 4.85. The first-order valence-corrected chi connectivity index (χ1v) is 11.1. The number of amidine groups is 1. The molecule has 0 bridgehead atoms. The van der Waals surface area contributed by atoms with Gasteiger partial charge in [0, 0.05) is 13.5 Å². The van der Waals surface area contributed by atoms with Crippen LogP contribution >= 0.6 is 11.8 Å². The van der Waals surface area contributed by atoms with Crippen molar-refractivity contribution >= 4 is 40.1 Å². The first kappa shape index (κ1) is 24.8. The Hall–Kier alpha value is -2.85. The Morgan fingerprint density at radius 2 is 1.85 bits per heavy atom. The number of hydrogen-bond acceptors (Lipinski definition) is 5. The summed E-state index contributed by atoms with van der Waals surface area (Å²) in [5.41, 5.74) is 1.43. The van der Waals surface area contributed by atoms with Crippen LogP contribution in [0.15, 0.2) is 47.5 Å². The average Bonchev–Trinajstić information content (AvgIpc) is 2.99. The van der Waals surface area contributed by atoms with Crippen molar-refractivity contribution in [1.82, 2.24) is 4.90 Å². The van der Waals surface area contributed by atoms with Crippen molar-refractivity contribution in [3.05, 3.63) is 59.2 Å². The van der Waals surface area contributed by atoms with E-state index >= 15 is 0 Å². The summed E-state index contributed by atoms with van der Waals surface area (Å²) < 4.78 is 44.7. The molecule has 2 aromatic carbocycles. The highest BCUT2D eigenvalue weighted by molar-refractivity contribution is 8.15. The van der Waals surface area contributed by atoms with Gasteiger partial charge in [0.1, 0.15) is 5.25 Å². The number of carbonyl (C=O) groups is 2. The monoisotopic (exact) mass is 479 g/mol. The van der Waals surface area contributed by atoms with Crippen LogP contribution in [-0.2, 0) is 20.5 Å². The number of nitrogens with zero attached hydrogens (tertiary/aromatic N) is 2. The van der Waals surface area contributed by atoms with Crippen LogP contribution < -0.4 is 5.32 Å². The molecule has 1 aliphatic heterocycles. The highest BCUT2D eigenvalue weighted by atomic mass is 32.2. The van der Waals surface area contributed by atoms with E-state index in [9.17, 15) is 22.8 Å². The van der Waals surface area contributed by atoms with Gasteiger partial charge < -0.3 is 10.1 Å². The molecule has 1 fully saturated rings. The number of benzene rings is 2. The number of rotatable bonds is 7. The molecular formula is C23H24F3N3O3S. The van der Waals surface area contributed by atoms with E-state index in [1.807, 2.05) is 32.0 Å². The number of methoxy groups -OCH3 is 1. The van der Waals surface area contributed by atoms with Gasteiger partial charge >= 0.3 is 6.18 Å². The lowest BCUT2D eigenvalue weighted by atomic mass is 10.1. The number of anilines is 1. The normalized spacial score (nSPS) is 17.6. The number of ether oxygens (including phenoxy) is 1. The molecule has 0 aliphatic carbocycles. The Morgan fingerprint density at radius 3 is 2.48 bits per heavy atom. The van der Waals surface area contributed by atoms with E-state index in [1.165, 1.54) is 30.2 Å². The van der Waals surface area contributed by atoms with E-state index in [0.717, 1.165) is 29.0 Å². The van der Waals surface area contributed by atoms with E-state index < -0.39 is 22.9 Å². The molecule has 1 unspecified atom stereocenters. The maximum absolute atomic E-state index is 13.2. The summed E-state index contributed by atoms with van der Waals surface area (Å²) in [5, 5.41) is 1.92. The molecule has 1 heterocycles. The smallest absolute Gasteiger partial charge is 0.383 e. The lowest BCUT2D eigenvalue weighted by Crippen LogP contribution is -2.35. The van der Waals surface area contributed by atoms with Crippen LogP contribution in [0.3, 0.4) is 0 Å². The molecule has 0 aromatic heterocycles. The first-order chi connectivity index (χ1) is 15.6. The summed E-state index contributed by atoms with van der Waals surface area (Å²) >= 11 is 1.12. The molecule has 33 heavy (non-hydrogen) atoms. The van der Waals surface area contributed by atoms with Crippen molar-refractivity contribution in [2.75, 3.05) is 25.6 Å². The third-order valence-corrected chi connectivity index (χ3v) is 6.02. The van der Waals surface area contributed by atoms with E-state index in [4.69, 9.17) is 4.74 Å². The van der Waals surface area contributed by atoms with Crippen LogP contribution in [0.1, 0.15) is 23.1 Å². The number of hydrogen-bond donors (Lipinski definition) is 1. The minimum atomic E-state index is -4.61. The number of halogens is 3. The average molecular weight is 480 g/mol. The van der Waals surface area contributed by atoms with Gasteiger partial charge in [0.25, 0.3) is 0 Å². The lowest BCUT2D eigenvalue weighted by molar-refractivity contribution is -0.137.